The summed E-state index contributed by atoms with van der Waals surface area (Å²) in [5.41, 5.74) is 1.18. The van der Waals surface area contributed by atoms with Gasteiger partial charge in [0.15, 0.2) is 6.10 Å². The number of ether oxygens (including phenoxy) is 1. The summed E-state index contributed by atoms with van der Waals surface area (Å²) in [5.74, 6) is -0.840. The maximum atomic E-state index is 10.9. The summed E-state index contributed by atoms with van der Waals surface area (Å²) >= 11 is 0. The summed E-state index contributed by atoms with van der Waals surface area (Å²) < 4.78 is 5.61. The predicted molar refractivity (Wildman–Crippen MR) is 79.1 cm³/mol. The van der Waals surface area contributed by atoms with Gasteiger partial charge in [0.05, 0.1) is 6.10 Å². The van der Waals surface area contributed by atoms with Crippen molar-refractivity contribution in [2.75, 3.05) is 18.0 Å². The van der Waals surface area contributed by atoms with E-state index in [9.17, 15) is 4.79 Å². The number of nitrogens with zero attached hydrogens (tertiary/aromatic N) is 1. The molecule has 110 valence electrons. The van der Waals surface area contributed by atoms with Crippen molar-refractivity contribution in [1.29, 1.82) is 0 Å². The number of carboxylic acid groups (broad SMARTS) is 1. The normalized spacial score (nSPS) is 21.9. The molecule has 1 heterocycles. The van der Waals surface area contributed by atoms with E-state index in [-0.39, 0.29) is 6.10 Å². The Morgan fingerprint density at radius 1 is 1.35 bits per heavy atom. The molecule has 1 aromatic carbocycles. The van der Waals surface area contributed by atoms with Crippen molar-refractivity contribution < 1.29 is 14.6 Å². The lowest BCUT2D eigenvalue weighted by molar-refractivity contribution is -0.149. The van der Waals surface area contributed by atoms with Crippen LogP contribution in [0.25, 0.3) is 0 Å². The standard InChI is InChI=1S/C16H23NO3/c1-2-3-11-17(13-7-5-4-6-8-13)12-14-9-10-15(20-14)16(18)19/h4-8,14-15H,2-3,9-12H2,1H3,(H,18,19). The molecule has 0 radical (unpaired) electrons. The fourth-order valence-corrected chi connectivity index (χ4v) is 2.58. The average Bonchev–Trinajstić information content (AvgIpc) is 2.93. The number of hydrogen-bond donors (Lipinski definition) is 1. The van der Waals surface area contributed by atoms with Crippen LogP contribution in [0.1, 0.15) is 32.6 Å². The number of hydrogen-bond acceptors (Lipinski definition) is 3. The van der Waals surface area contributed by atoms with E-state index in [1.807, 2.05) is 18.2 Å². The largest absolute Gasteiger partial charge is 0.479 e. The van der Waals surface area contributed by atoms with E-state index in [2.05, 4.69) is 24.0 Å². The molecule has 1 aliphatic rings. The van der Waals surface area contributed by atoms with Crippen molar-refractivity contribution in [3.63, 3.8) is 0 Å². The molecular formula is C16H23NO3. The van der Waals surface area contributed by atoms with Crippen molar-refractivity contribution in [1.82, 2.24) is 0 Å². The van der Waals surface area contributed by atoms with Crippen LogP contribution in [0, 0.1) is 0 Å². The first-order chi connectivity index (χ1) is 9.70. The lowest BCUT2D eigenvalue weighted by Gasteiger charge is -2.27. The Morgan fingerprint density at radius 3 is 2.70 bits per heavy atom. The summed E-state index contributed by atoms with van der Waals surface area (Å²) in [4.78, 5) is 13.2. The van der Waals surface area contributed by atoms with Crippen molar-refractivity contribution in [2.45, 2.75) is 44.8 Å². The third kappa shape index (κ3) is 3.97. The maximum Gasteiger partial charge on any atom is 0.332 e. The van der Waals surface area contributed by atoms with Gasteiger partial charge in [-0.15, -0.1) is 0 Å². The molecule has 0 aliphatic carbocycles. The highest BCUT2D eigenvalue weighted by atomic mass is 16.5. The van der Waals surface area contributed by atoms with E-state index in [0.29, 0.717) is 6.42 Å². The van der Waals surface area contributed by atoms with Crippen molar-refractivity contribution in [2.24, 2.45) is 0 Å². The molecule has 20 heavy (non-hydrogen) atoms. The van der Waals surface area contributed by atoms with Crippen LogP contribution in [-0.2, 0) is 9.53 Å². The zero-order chi connectivity index (χ0) is 14.4. The number of unbranched alkanes of at least 4 members (excludes halogenated alkanes) is 1. The molecule has 0 bridgehead atoms. The molecular weight excluding hydrogens is 254 g/mol. The van der Waals surface area contributed by atoms with Crippen LogP contribution in [-0.4, -0.2) is 36.4 Å². The molecule has 0 spiro atoms. The minimum absolute atomic E-state index is 0.0214. The summed E-state index contributed by atoms with van der Waals surface area (Å²) in [6.45, 7) is 3.93. The Bertz CT molecular complexity index is 421. The zero-order valence-electron chi connectivity index (χ0n) is 12.0. The minimum atomic E-state index is -0.840. The second-order valence-electron chi connectivity index (χ2n) is 5.30. The first kappa shape index (κ1) is 14.9. The van der Waals surface area contributed by atoms with Crippen LogP contribution in [0.4, 0.5) is 5.69 Å². The van der Waals surface area contributed by atoms with Gasteiger partial charge in [0.1, 0.15) is 0 Å². The Morgan fingerprint density at radius 2 is 2.10 bits per heavy atom. The summed E-state index contributed by atoms with van der Waals surface area (Å²) in [6, 6.07) is 10.3. The van der Waals surface area contributed by atoms with E-state index in [4.69, 9.17) is 9.84 Å². The number of aliphatic carboxylic acids is 1. The molecule has 4 heteroatoms. The van der Waals surface area contributed by atoms with Crippen molar-refractivity contribution >= 4 is 11.7 Å². The van der Waals surface area contributed by atoms with Gasteiger partial charge >= 0.3 is 5.97 Å². The topological polar surface area (TPSA) is 49.8 Å². The minimum Gasteiger partial charge on any atom is -0.479 e. The summed E-state index contributed by atoms with van der Waals surface area (Å²) in [5, 5.41) is 8.98. The fourth-order valence-electron chi connectivity index (χ4n) is 2.58. The van der Waals surface area contributed by atoms with Crippen LogP contribution in [0.3, 0.4) is 0 Å². The van der Waals surface area contributed by atoms with Gasteiger partial charge < -0.3 is 14.7 Å². The number of rotatable bonds is 7. The van der Waals surface area contributed by atoms with E-state index in [1.54, 1.807) is 0 Å². The van der Waals surface area contributed by atoms with Gasteiger partial charge in [-0.05, 0) is 31.4 Å². The molecule has 1 N–H and O–H groups in total. The van der Waals surface area contributed by atoms with Gasteiger partial charge in [-0.2, -0.15) is 0 Å². The van der Waals surface area contributed by atoms with E-state index in [1.165, 1.54) is 5.69 Å². The quantitative estimate of drug-likeness (QED) is 0.832. The second kappa shape index (κ2) is 7.29. The SMILES string of the molecule is CCCCN(CC1CCC(C(=O)O)O1)c1ccccc1. The molecule has 2 unspecified atom stereocenters. The molecule has 1 aromatic rings. The van der Waals surface area contributed by atoms with Gasteiger partial charge in [0.2, 0.25) is 0 Å². The molecule has 0 amide bonds. The molecule has 2 atom stereocenters. The Hall–Kier alpha value is -1.55. The number of benzene rings is 1. The third-order valence-electron chi connectivity index (χ3n) is 3.71. The van der Waals surface area contributed by atoms with Crippen LogP contribution >= 0.6 is 0 Å². The highest BCUT2D eigenvalue weighted by Gasteiger charge is 2.31. The highest BCUT2D eigenvalue weighted by Crippen LogP contribution is 2.23. The molecule has 1 saturated heterocycles. The van der Waals surface area contributed by atoms with Gasteiger partial charge in [0.25, 0.3) is 0 Å². The first-order valence-electron chi connectivity index (χ1n) is 7.39. The maximum absolute atomic E-state index is 10.9. The van der Waals surface area contributed by atoms with Crippen molar-refractivity contribution in [3.8, 4) is 0 Å². The van der Waals surface area contributed by atoms with Crippen LogP contribution in [0.5, 0.6) is 0 Å². The Labute approximate surface area is 120 Å². The van der Waals surface area contributed by atoms with Gasteiger partial charge in [-0.1, -0.05) is 31.5 Å². The Kier molecular flexibility index (Phi) is 5.41. The highest BCUT2D eigenvalue weighted by molar-refractivity contribution is 5.72. The van der Waals surface area contributed by atoms with Crippen LogP contribution in [0.2, 0.25) is 0 Å². The Balaban J connectivity index is 1.96. The summed E-state index contributed by atoms with van der Waals surface area (Å²) in [7, 11) is 0. The van der Waals surface area contributed by atoms with Gasteiger partial charge in [-0.25, -0.2) is 4.79 Å². The molecule has 4 nitrogen and oxygen atoms in total. The first-order valence-corrected chi connectivity index (χ1v) is 7.39. The lowest BCUT2D eigenvalue weighted by atomic mass is 10.1. The molecule has 1 aliphatic heterocycles. The van der Waals surface area contributed by atoms with Crippen LogP contribution in [0.15, 0.2) is 30.3 Å². The lowest BCUT2D eigenvalue weighted by Crippen LogP contribution is -2.34. The molecule has 0 aromatic heterocycles. The summed E-state index contributed by atoms with van der Waals surface area (Å²) in [6.07, 6.45) is 3.12. The molecule has 1 fully saturated rings. The molecule has 2 rings (SSSR count). The zero-order valence-corrected chi connectivity index (χ0v) is 12.0. The third-order valence-corrected chi connectivity index (χ3v) is 3.71. The molecule has 0 saturated carbocycles. The number of carboxylic acids is 1. The van der Waals surface area contributed by atoms with E-state index < -0.39 is 12.1 Å². The second-order valence-corrected chi connectivity index (χ2v) is 5.30. The number of anilines is 1. The predicted octanol–water partition coefficient (Wildman–Crippen LogP) is 2.93. The van der Waals surface area contributed by atoms with Crippen LogP contribution < -0.4 is 4.90 Å². The smallest absolute Gasteiger partial charge is 0.332 e. The van der Waals surface area contributed by atoms with E-state index >= 15 is 0 Å². The fraction of sp³-hybridized carbons (Fsp3) is 0.562. The van der Waals surface area contributed by atoms with E-state index in [0.717, 1.165) is 32.4 Å². The average molecular weight is 277 g/mol. The number of para-hydroxylation sites is 1. The monoisotopic (exact) mass is 277 g/mol. The van der Waals surface area contributed by atoms with Crippen molar-refractivity contribution in [3.05, 3.63) is 30.3 Å². The van der Waals surface area contributed by atoms with Gasteiger partial charge in [-0.3, -0.25) is 0 Å². The number of carbonyl (C=O) groups is 1. The van der Waals surface area contributed by atoms with Gasteiger partial charge in [0, 0.05) is 18.8 Å².